The average Bonchev–Trinajstić information content (AvgIpc) is 2.58. The van der Waals surface area contributed by atoms with Crippen molar-refractivity contribution in [1.82, 2.24) is 4.98 Å². The van der Waals surface area contributed by atoms with Crippen LogP contribution in [0.3, 0.4) is 0 Å². The van der Waals surface area contributed by atoms with E-state index in [9.17, 15) is 0 Å². The highest BCUT2D eigenvalue weighted by Gasteiger charge is 2.35. The van der Waals surface area contributed by atoms with Crippen LogP contribution in [-0.2, 0) is 6.42 Å². The fourth-order valence-corrected chi connectivity index (χ4v) is 3.39. The molecule has 0 radical (unpaired) electrons. The standard InChI is InChI=1S/C13H22N2S/c1-10-15-9-11(16-10)8-13(14)6-4-12(2,3)5-7-13/h9H,4-8,14H2,1-3H3. The Kier molecular flexibility index (Phi) is 3.10. The van der Waals surface area contributed by atoms with Gasteiger partial charge in [0.05, 0.1) is 5.01 Å². The molecule has 0 spiro atoms. The van der Waals surface area contributed by atoms with E-state index in [0.29, 0.717) is 5.41 Å². The Labute approximate surface area is 102 Å². The smallest absolute Gasteiger partial charge is 0.0896 e. The van der Waals surface area contributed by atoms with Crippen molar-refractivity contribution >= 4 is 11.3 Å². The summed E-state index contributed by atoms with van der Waals surface area (Å²) in [5.41, 5.74) is 7.02. The van der Waals surface area contributed by atoms with Crippen molar-refractivity contribution in [3.05, 3.63) is 16.1 Å². The molecule has 1 aromatic heterocycles. The second-order valence-corrected chi connectivity index (χ2v) is 7.37. The largest absolute Gasteiger partial charge is 0.325 e. The van der Waals surface area contributed by atoms with Gasteiger partial charge in [-0.2, -0.15) is 0 Å². The molecule has 90 valence electrons. The van der Waals surface area contributed by atoms with Gasteiger partial charge in [-0.1, -0.05) is 13.8 Å². The molecule has 1 heterocycles. The maximum atomic E-state index is 6.50. The number of nitrogens with zero attached hydrogens (tertiary/aromatic N) is 1. The highest BCUT2D eigenvalue weighted by molar-refractivity contribution is 7.11. The van der Waals surface area contributed by atoms with E-state index < -0.39 is 0 Å². The fraction of sp³-hybridized carbons (Fsp3) is 0.769. The second-order valence-electron chi connectivity index (χ2n) is 6.05. The molecule has 0 aromatic carbocycles. The minimum Gasteiger partial charge on any atom is -0.325 e. The van der Waals surface area contributed by atoms with Crippen molar-refractivity contribution in [2.24, 2.45) is 11.1 Å². The molecule has 0 saturated heterocycles. The van der Waals surface area contributed by atoms with E-state index in [0.717, 1.165) is 24.3 Å². The van der Waals surface area contributed by atoms with Crippen LogP contribution in [-0.4, -0.2) is 10.5 Å². The Bertz CT molecular complexity index is 358. The number of thiazole rings is 1. The molecule has 1 saturated carbocycles. The second kappa shape index (κ2) is 4.11. The van der Waals surface area contributed by atoms with Crippen LogP contribution in [0.2, 0.25) is 0 Å². The summed E-state index contributed by atoms with van der Waals surface area (Å²) in [6.45, 7) is 6.76. The first-order valence-electron chi connectivity index (χ1n) is 6.09. The number of hydrogen-bond donors (Lipinski definition) is 1. The van der Waals surface area contributed by atoms with Crippen LogP contribution < -0.4 is 5.73 Å². The lowest BCUT2D eigenvalue weighted by Gasteiger charge is -2.41. The van der Waals surface area contributed by atoms with Crippen molar-refractivity contribution in [1.29, 1.82) is 0 Å². The molecule has 0 bridgehead atoms. The van der Waals surface area contributed by atoms with E-state index in [1.54, 1.807) is 11.3 Å². The van der Waals surface area contributed by atoms with E-state index in [2.05, 4.69) is 25.8 Å². The van der Waals surface area contributed by atoms with Crippen LogP contribution in [0.1, 0.15) is 49.4 Å². The normalized spacial score (nSPS) is 23.2. The number of rotatable bonds is 2. The summed E-state index contributed by atoms with van der Waals surface area (Å²) in [6, 6.07) is 0. The first-order chi connectivity index (χ1) is 7.39. The summed E-state index contributed by atoms with van der Waals surface area (Å²) in [4.78, 5) is 5.65. The van der Waals surface area contributed by atoms with Crippen molar-refractivity contribution in [2.45, 2.75) is 58.4 Å². The minimum atomic E-state index is 0.0223. The van der Waals surface area contributed by atoms with E-state index in [4.69, 9.17) is 5.73 Å². The summed E-state index contributed by atoms with van der Waals surface area (Å²) < 4.78 is 0. The lowest BCUT2D eigenvalue weighted by atomic mass is 9.68. The average molecular weight is 238 g/mol. The number of aromatic nitrogens is 1. The van der Waals surface area contributed by atoms with Gasteiger partial charge in [-0.15, -0.1) is 11.3 Å². The molecule has 2 rings (SSSR count). The molecule has 2 N–H and O–H groups in total. The summed E-state index contributed by atoms with van der Waals surface area (Å²) in [5.74, 6) is 0. The van der Waals surface area contributed by atoms with E-state index >= 15 is 0 Å². The van der Waals surface area contributed by atoms with Crippen LogP contribution in [0, 0.1) is 12.3 Å². The summed E-state index contributed by atoms with van der Waals surface area (Å²) in [6.07, 6.45) is 7.80. The third-order valence-electron chi connectivity index (χ3n) is 3.79. The first-order valence-corrected chi connectivity index (χ1v) is 6.91. The van der Waals surface area contributed by atoms with Gasteiger partial charge in [0.15, 0.2) is 0 Å². The third-order valence-corrected chi connectivity index (χ3v) is 4.71. The lowest BCUT2D eigenvalue weighted by molar-refractivity contribution is 0.165. The van der Waals surface area contributed by atoms with E-state index in [1.807, 2.05) is 6.20 Å². The van der Waals surface area contributed by atoms with Gasteiger partial charge >= 0.3 is 0 Å². The summed E-state index contributed by atoms with van der Waals surface area (Å²) in [7, 11) is 0. The maximum absolute atomic E-state index is 6.50. The predicted molar refractivity (Wildman–Crippen MR) is 69.7 cm³/mol. The van der Waals surface area contributed by atoms with Crippen LogP contribution in [0.5, 0.6) is 0 Å². The first kappa shape index (κ1) is 12.1. The Morgan fingerprint density at radius 3 is 2.44 bits per heavy atom. The van der Waals surface area contributed by atoms with Crippen LogP contribution in [0.25, 0.3) is 0 Å². The van der Waals surface area contributed by atoms with E-state index in [1.165, 1.54) is 17.7 Å². The van der Waals surface area contributed by atoms with Gasteiger partial charge in [0.2, 0.25) is 0 Å². The zero-order valence-electron chi connectivity index (χ0n) is 10.5. The molecule has 16 heavy (non-hydrogen) atoms. The molecule has 2 nitrogen and oxygen atoms in total. The zero-order valence-corrected chi connectivity index (χ0v) is 11.4. The van der Waals surface area contributed by atoms with Crippen LogP contribution in [0.15, 0.2) is 6.20 Å². The maximum Gasteiger partial charge on any atom is 0.0896 e. The Morgan fingerprint density at radius 2 is 1.94 bits per heavy atom. The van der Waals surface area contributed by atoms with E-state index in [-0.39, 0.29) is 5.54 Å². The number of aryl methyl sites for hydroxylation is 1. The van der Waals surface area contributed by atoms with Crippen molar-refractivity contribution in [3.8, 4) is 0 Å². The van der Waals surface area contributed by atoms with Gasteiger partial charge in [-0.25, -0.2) is 4.98 Å². The number of hydrogen-bond acceptors (Lipinski definition) is 3. The molecule has 1 aromatic rings. The summed E-state index contributed by atoms with van der Waals surface area (Å²) in [5, 5.41) is 1.15. The van der Waals surface area contributed by atoms with Gasteiger partial charge in [-0.05, 0) is 38.0 Å². The highest BCUT2D eigenvalue weighted by Crippen LogP contribution is 2.40. The summed E-state index contributed by atoms with van der Waals surface area (Å²) >= 11 is 1.79. The predicted octanol–water partition coefficient (Wildman–Crippen LogP) is 3.29. The molecular weight excluding hydrogens is 216 g/mol. The molecule has 0 aliphatic heterocycles. The van der Waals surface area contributed by atoms with Crippen molar-refractivity contribution in [3.63, 3.8) is 0 Å². The van der Waals surface area contributed by atoms with Crippen molar-refractivity contribution in [2.75, 3.05) is 0 Å². The molecule has 1 fully saturated rings. The van der Waals surface area contributed by atoms with Gasteiger partial charge in [0.1, 0.15) is 0 Å². The van der Waals surface area contributed by atoms with Crippen LogP contribution in [0.4, 0.5) is 0 Å². The quantitative estimate of drug-likeness (QED) is 0.858. The monoisotopic (exact) mass is 238 g/mol. The lowest BCUT2D eigenvalue weighted by Crippen LogP contribution is -2.46. The Balaban J connectivity index is 1.99. The molecule has 1 aliphatic carbocycles. The highest BCUT2D eigenvalue weighted by atomic mass is 32.1. The zero-order chi connectivity index (χ0) is 11.8. The van der Waals surface area contributed by atoms with Gasteiger partial charge in [0, 0.05) is 23.0 Å². The van der Waals surface area contributed by atoms with Gasteiger partial charge in [-0.3, -0.25) is 0 Å². The Hall–Kier alpha value is -0.410. The van der Waals surface area contributed by atoms with Crippen molar-refractivity contribution < 1.29 is 0 Å². The van der Waals surface area contributed by atoms with Crippen LogP contribution >= 0.6 is 11.3 Å². The third kappa shape index (κ3) is 2.83. The molecule has 3 heteroatoms. The number of nitrogens with two attached hydrogens (primary N) is 1. The Morgan fingerprint density at radius 1 is 1.31 bits per heavy atom. The fourth-order valence-electron chi connectivity index (χ4n) is 2.44. The van der Waals surface area contributed by atoms with Gasteiger partial charge < -0.3 is 5.73 Å². The molecule has 1 aliphatic rings. The molecule has 0 amide bonds. The molecule has 0 unspecified atom stereocenters. The minimum absolute atomic E-state index is 0.0223. The topological polar surface area (TPSA) is 38.9 Å². The molecular formula is C13H22N2S. The van der Waals surface area contributed by atoms with Gasteiger partial charge in [0.25, 0.3) is 0 Å². The molecule has 0 atom stereocenters. The SMILES string of the molecule is Cc1ncc(CC2(N)CCC(C)(C)CC2)s1.